The second kappa shape index (κ2) is 7.71. The van der Waals surface area contributed by atoms with Crippen LogP contribution in [0.15, 0.2) is 48.5 Å². The number of hydrogen-bond acceptors (Lipinski definition) is 9. The molecule has 0 aliphatic heterocycles. The van der Waals surface area contributed by atoms with Crippen LogP contribution in [0.25, 0.3) is 22.5 Å². The SMILES string of the molecule is Cn1nc(-c2ccc(Oc3ccc(-c4nn(C)c(=N)nc4N)cc3)cc2)c(N)nc1=N. The predicted octanol–water partition coefficient (Wildman–Crippen LogP) is 1.19. The fraction of sp³-hybridized carbons (Fsp3) is 0.100. The number of nitrogens with two attached hydrogens (primary N) is 2. The number of hydrogen-bond donors (Lipinski definition) is 4. The van der Waals surface area contributed by atoms with Gasteiger partial charge in [-0.05, 0) is 48.5 Å². The molecule has 2 heterocycles. The Hall–Kier alpha value is -4.54. The van der Waals surface area contributed by atoms with Crippen LogP contribution in [0.2, 0.25) is 0 Å². The van der Waals surface area contributed by atoms with Crippen LogP contribution < -0.4 is 27.4 Å². The molecule has 0 saturated carbocycles. The number of nitrogen functional groups attached to an aromatic ring is 2. The normalized spacial score (nSPS) is 10.8. The van der Waals surface area contributed by atoms with Crippen LogP contribution in [0.3, 0.4) is 0 Å². The van der Waals surface area contributed by atoms with Gasteiger partial charge in [0.1, 0.15) is 22.9 Å². The molecule has 0 aliphatic rings. The number of aromatic nitrogens is 6. The summed E-state index contributed by atoms with van der Waals surface area (Å²) in [5.74, 6) is 1.66. The maximum absolute atomic E-state index is 7.65. The van der Waals surface area contributed by atoms with Crippen molar-refractivity contribution in [2.45, 2.75) is 0 Å². The molecule has 4 rings (SSSR count). The van der Waals surface area contributed by atoms with Gasteiger partial charge in [0.15, 0.2) is 11.6 Å². The lowest BCUT2D eigenvalue weighted by Crippen LogP contribution is -2.24. The van der Waals surface area contributed by atoms with Crippen molar-refractivity contribution in [3.63, 3.8) is 0 Å². The lowest BCUT2D eigenvalue weighted by molar-refractivity contribution is 0.483. The average Bonchev–Trinajstić information content (AvgIpc) is 2.75. The monoisotopic (exact) mass is 416 g/mol. The minimum atomic E-state index is -0.0122. The van der Waals surface area contributed by atoms with E-state index in [1.807, 2.05) is 24.3 Å². The number of ether oxygens (including phenoxy) is 1. The maximum Gasteiger partial charge on any atom is 0.240 e. The standard InChI is InChI=1S/C20H20N10O/c1-29-19(23)25-17(21)15(27-29)11-3-7-13(8-4-11)31-14-9-5-12(6-10-14)16-18(22)26-20(24)30(2)28-16/h3-10H,1-2H3,(H3,21,23,25)(H3,22,24,26). The zero-order chi connectivity index (χ0) is 22.1. The fourth-order valence-corrected chi connectivity index (χ4v) is 2.88. The summed E-state index contributed by atoms with van der Waals surface area (Å²) in [6.07, 6.45) is 0. The van der Waals surface area contributed by atoms with Crippen LogP contribution in [0.4, 0.5) is 11.6 Å². The third-order valence-corrected chi connectivity index (χ3v) is 4.54. The molecule has 11 nitrogen and oxygen atoms in total. The van der Waals surface area contributed by atoms with E-state index in [0.717, 1.165) is 11.1 Å². The van der Waals surface area contributed by atoms with E-state index < -0.39 is 0 Å². The molecule has 0 fully saturated rings. The number of benzene rings is 2. The van der Waals surface area contributed by atoms with Crippen LogP contribution in [0.5, 0.6) is 11.5 Å². The van der Waals surface area contributed by atoms with E-state index >= 15 is 0 Å². The van der Waals surface area contributed by atoms with Crippen LogP contribution in [0.1, 0.15) is 0 Å². The molecule has 0 unspecified atom stereocenters. The van der Waals surface area contributed by atoms with E-state index in [9.17, 15) is 0 Å². The fourth-order valence-electron chi connectivity index (χ4n) is 2.88. The zero-order valence-corrected chi connectivity index (χ0v) is 16.9. The summed E-state index contributed by atoms with van der Waals surface area (Å²) >= 11 is 0. The molecular formula is C20H20N10O. The molecule has 0 amide bonds. The van der Waals surface area contributed by atoms with Gasteiger partial charge in [0.2, 0.25) is 11.2 Å². The van der Waals surface area contributed by atoms with Gasteiger partial charge in [0.25, 0.3) is 0 Å². The van der Waals surface area contributed by atoms with Gasteiger partial charge in [0.05, 0.1) is 0 Å². The van der Waals surface area contributed by atoms with E-state index in [1.54, 1.807) is 38.4 Å². The largest absolute Gasteiger partial charge is 0.457 e. The minimum Gasteiger partial charge on any atom is -0.457 e. The second-order valence-electron chi connectivity index (χ2n) is 6.74. The van der Waals surface area contributed by atoms with Gasteiger partial charge >= 0.3 is 0 Å². The Balaban J connectivity index is 1.54. The highest BCUT2D eigenvalue weighted by Gasteiger charge is 2.10. The Bertz CT molecular complexity index is 1260. The molecule has 11 heteroatoms. The Morgan fingerprint density at radius 2 is 1.03 bits per heavy atom. The molecule has 0 atom stereocenters. The van der Waals surface area contributed by atoms with E-state index in [4.69, 9.17) is 27.0 Å². The van der Waals surface area contributed by atoms with Crippen molar-refractivity contribution >= 4 is 11.6 Å². The third-order valence-electron chi connectivity index (χ3n) is 4.54. The van der Waals surface area contributed by atoms with Gasteiger partial charge in [-0.15, -0.1) is 0 Å². The smallest absolute Gasteiger partial charge is 0.240 e. The van der Waals surface area contributed by atoms with Gasteiger partial charge < -0.3 is 16.2 Å². The van der Waals surface area contributed by atoms with E-state index in [0.29, 0.717) is 22.9 Å². The lowest BCUT2D eigenvalue weighted by atomic mass is 10.1. The first kappa shape index (κ1) is 19.8. The zero-order valence-electron chi connectivity index (χ0n) is 16.9. The molecule has 0 spiro atoms. The summed E-state index contributed by atoms with van der Waals surface area (Å²) in [5.41, 5.74) is 14.3. The molecule has 156 valence electrons. The van der Waals surface area contributed by atoms with Crippen molar-refractivity contribution in [2.75, 3.05) is 11.5 Å². The quantitative estimate of drug-likeness (QED) is 0.387. The van der Waals surface area contributed by atoms with E-state index in [-0.39, 0.29) is 22.9 Å². The number of nitrogens with zero attached hydrogens (tertiary/aromatic N) is 6. The minimum absolute atomic E-state index is 0.0122. The van der Waals surface area contributed by atoms with Gasteiger partial charge in [-0.3, -0.25) is 10.8 Å². The van der Waals surface area contributed by atoms with Crippen LogP contribution in [0, 0.1) is 10.8 Å². The van der Waals surface area contributed by atoms with Crippen molar-refractivity contribution in [1.82, 2.24) is 29.5 Å². The molecule has 0 saturated heterocycles. The van der Waals surface area contributed by atoms with Crippen LogP contribution in [-0.2, 0) is 14.1 Å². The van der Waals surface area contributed by atoms with Crippen LogP contribution >= 0.6 is 0 Å². The van der Waals surface area contributed by atoms with Crippen LogP contribution in [-0.4, -0.2) is 29.5 Å². The molecular weight excluding hydrogens is 396 g/mol. The van der Waals surface area contributed by atoms with Gasteiger partial charge in [-0.2, -0.15) is 20.2 Å². The highest BCUT2D eigenvalue weighted by atomic mass is 16.5. The lowest BCUT2D eigenvalue weighted by Gasteiger charge is -2.10. The molecule has 31 heavy (non-hydrogen) atoms. The molecule has 0 bridgehead atoms. The first-order valence-electron chi connectivity index (χ1n) is 9.21. The summed E-state index contributed by atoms with van der Waals surface area (Å²) in [4.78, 5) is 7.95. The molecule has 2 aromatic carbocycles. The molecule has 6 N–H and O–H groups in total. The van der Waals surface area contributed by atoms with Gasteiger partial charge in [0, 0.05) is 25.2 Å². The van der Waals surface area contributed by atoms with Crippen molar-refractivity contribution in [1.29, 1.82) is 10.8 Å². The first-order chi connectivity index (χ1) is 14.8. The van der Waals surface area contributed by atoms with Crippen molar-refractivity contribution in [3.05, 3.63) is 59.8 Å². The first-order valence-corrected chi connectivity index (χ1v) is 9.21. The average molecular weight is 416 g/mol. The highest BCUT2D eigenvalue weighted by molar-refractivity contribution is 5.70. The Morgan fingerprint density at radius 1 is 0.677 bits per heavy atom. The van der Waals surface area contributed by atoms with Crippen molar-refractivity contribution < 1.29 is 4.74 Å². The number of rotatable bonds is 4. The Kier molecular flexibility index (Phi) is 4.91. The van der Waals surface area contributed by atoms with E-state index in [2.05, 4.69) is 20.2 Å². The van der Waals surface area contributed by atoms with E-state index in [1.165, 1.54) is 9.36 Å². The predicted molar refractivity (Wildman–Crippen MR) is 113 cm³/mol. The van der Waals surface area contributed by atoms with Crippen molar-refractivity contribution in [3.8, 4) is 34.0 Å². The third kappa shape index (κ3) is 3.96. The maximum atomic E-state index is 7.65. The summed E-state index contributed by atoms with van der Waals surface area (Å²) in [5, 5.41) is 23.9. The summed E-state index contributed by atoms with van der Waals surface area (Å²) in [7, 11) is 3.28. The second-order valence-corrected chi connectivity index (χ2v) is 6.74. The number of nitrogens with one attached hydrogen (secondary N) is 2. The van der Waals surface area contributed by atoms with Crippen molar-refractivity contribution in [2.24, 2.45) is 14.1 Å². The molecule has 0 aliphatic carbocycles. The Morgan fingerprint density at radius 3 is 1.39 bits per heavy atom. The number of anilines is 2. The topological polar surface area (TPSA) is 170 Å². The summed E-state index contributed by atoms with van der Waals surface area (Å²) in [6.45, 7) is 0. The summed E-state index contributed by atoms with van der Waals surface area (Å²) < 4.78 is 8.61. The molecule has 4 aromatic rings. The summed E-state index contributed by atoms with van der Waals surface area (Å²) in [6, 6.07) is 14.5. The van der Waals surface area contributed by atoms with Gasteiger partial charge in [-0.1, -0.05) is 0 Å². The number of aryl methyl sites for hydroxylation is 2. The molecule has 0 radical (unpaired) electrons. The van der Waals surface area contributed by atoms with Gasteiger partial charge in [-0.25, -0.2) is 9.36 Å². The molecule has 2 aromatic heterocycles. The Labute approximate surface area is 176 Å². The highest BCUT2D eigenvalue weighted by Crippen LogP contribution is 2.28.